The Hall–Kier alpha value is -6.02. The van der Waals surface area contributed by atoms with Crippen molar-refractivity contribution < 1.29 is 77.8 Å². The smallest absolute Gasteiger partial charge is 0.415 e. The summed E-state index contributed by atoms with van der Waals surface area (Å²) in [6.45, 7) is 6.03. The van der Waals surface area contributed by atoms with Gasteiger partial charge in [-0.3, -0.25) is 4.18 Å². The number of aromatic nitrogens is 8. The summed E-state index contributed by atoms with van der Waals surface area (Å²) in [4.78, 5) is 16.8. The van der Waals surface area contributed by atoms with Crippen LogP contribution in [0.4, 0.5) is 39.5 Å². The standard InChI is InChI=1S/C20H22F3N5O3S.C18H18F3N5O3S.C3H5F3O3S/c1-3-28(32(29,30)4-2)12-14(13-5-7-16(21)8-6-13)9-17-24-10-15(11-25-17)19-26-27-20(31-19)18(22)23;1-2-30(27,28)24-10-12(11-3-5-14(19)6-4-11)7-15-22-8-13(9-23-15)17-25-26-18(29-17)16(20)21;1-2-9-10(7,8)3(4,5)6/h5-8,10-11,14,18H,3-4,9,12H2,1-2H3;3-6,8-9,12,16,24H,2,7,10H2,1H3;2H2,1H3. The van der Waals surface area contributed by atoms with Gasteiger partial charge in [0.15, 0.2) is 0 Å². The quantitative estimate of drug-likeness (QED) is 0.0420. The zero-order chi connectivity index (χ0) is 53.4. The highest BCUT2D eigenvalue weighted by atomic mass is 32.2. The summed E-state index contributed by atoms with van der Waals surface area (Å²) in [5, 5.41) is 13.6. The molecule has 72 heavy (non-hydrogen) atoms. The molecule has 0 radical (unpaired) electrons. The Kier molecular flexibility index (Phi) is 21.2. The SMILES string of the molecule is CCN(CC(Cc1ncc(-c2nnc(C(F)F)o2)cn1)c1ccc(F)cc1)S(=O)(=O)CC.CCOS(=O)(=O)C(F)(F)F.CCS(=O)(=O)NCC(Cc1ncc(-c2nnc(C(F)F)o2)cn1)c1ccc(F)cc1. The molecule has 6 aromatic rings. The summed E-state index contributed by atoms with van der Waals surface area (Å²) in [5.41, 5.74) is -3.31. The van der Waals surface area contributed by atoms with Crippen molar-refractivity contribution in [1.29, 1.82) is 0 Å². The molecule has 6 rings (SSSR count). The van der Waals surface area contributed by atoms with Gasteiger partial charge in [0.25, 0.3) is 23.6 Å². The number of halogens is 9. The summed E-state index contributed by atoms with van der Waals surface area (Å²) >= 11 is 0. The molecule has 0 aliphatic carbocycles. The van der Waals surface area contributed by atoms with Crippen LogP contribution in [0, 0.1) is 11.6 Å². The van der Waals surface area contributed by atoms with Crippen molar-refractivity contribution in [3.8, 4) is 22.9 Å². The molecule has 1 N–H and O–H groups in total. The highest BCUT2D eigenvalue weighted by molar-refractivity contribution is 7.89. The zero-order valence-electron chi connectivity index (χ0n) is 38.2. The molecule has 4 heterocycles. The molecule has 2 atom stereocenters. The highest BCUT2D eigenvalue weighted by Crippen LogP contribution is 2.28. The Morgan fingerprint density at radius 2 is 1.04 bits per heavy atom. The van der Waals surface area contributed by atoms with E-state index in [1.165, 1.54) is 60.3 Å². The van der Waals surface area contributed by atoms with Crippen molar-refractivity contribution in [3.63, 3.8) is 0 Å². The molecule has 0 saturated carbocycles. The van der Waals surface area contributed by atoms with Gasteiger partial charge in [-0.15, -0.1) is 20.4 Å². The molecular weight excluding hydrogens is 1040 g/mol. The van der Waals surface area contributed by atoms with Gasteiger partial charge in [0, 0.05) is 69.1 Å². The van der Waals surface area contributed by atoms with Gasteiger partial charge in [-0.25, -0.2) is 54.6 Å². The van der Waals surface area contributed by atoms with Gasteiger partial charge in [-0.1, -0.05) is 31.2 Å². The first kappa shape index (κ1) is 58.5. The molecule has 0 spiro atoms. The van der Waals surface area contributed by atoms with E-state index in [9.17, 15) is 64.8 Å². The van der Waals surface area contributed by atoms with Crippen molar-refractivity contribution in [2.75, 3.05) is 37.7 Å². The van der Waals surface area contributed by atoms with Crippen LogP contribution < -0.4 is 4.72 Å². The van der Waals surface area contributed by atoms with E-state index in [1.54, 1.807) is 38.1 Å². The molecule has 394 valence electrons. The molecule has 0 amide bonds. The van der Waals surface area contributed by atoms with Crippen molar-refractivity contribution >= 4 is 30.2 Å². The van der Waals surface area contributed by atoms with Gasteiger partial charge in [0.1, 0.15) is 23.3 Å². The summed E-state index contributed by atoms with van der Waals surface area (Å²) in [7, 11) is -12.2. The Bertz CT molecular complexity index is 2960. The van der Waals surface area contributed by atoms with Crippen molar-refractivity contribution in [1.82, 2.24) is 49.4 Å². The van der Waals surface area contributed by atoms with Gasteiger partial charge in [-0.2, -0.15) is 39.2 Å². The maximum atomic E-state index is 13.4. The van der Waals surface area contributed by atoms with Crippen LogP contribution in [0.25, 0.3) is 22.9 Å². The fraction of sp³-hybridized carbons (Fsp3) is 0.415. The largest absolute Gasteiger partial charge is 0.523 e. The van der Waals surface area contributed by atoms with Gasteiger partial charge >= 0.3 is 28.5 Å². The van der Waals surface area contributed by atoms with E-state index in [0.717, 1.165) is 12.5 Å². The fourth-order valence-corrected chi connectivity index (χ4v) is 8.21. The Balaban J connectivity index is 0.000000264. The van der Waals surface area contributed by atoms with E-state index in [0.29, 0.717) is 17.2 Å². The first-order valence-corrected chi connectivity index (χ1v) is 25.8. The first-order chi connectivity index (χ1) is 33.8. The molecule has 0 bridgehead atoms. The number of sulfonamides is 2. The number of rotatable bonds is 21. The van der Waals surface area contributed by atoms with Crippen LogP contribution in [0.3, 0.4) is 0 Å². The summed E-state index contributed by atoms with van der Waals surface area (Å²) in [6, 6.07) is 11.5. The second kappa shape index (κ2) is 26.1. The van der Waals surface area contributed by atoms with Crippen LogP contribution in [-0.4, -0.2) is 113 Å². The van der Waals surface area contributed by atoms with Crippen LogP contribution in [0.1, 0.15) is 86.9 Å². The van der Waals surface area contributed by atoms with Gasteiger partial charge in [-0.05, 0) is 56.2 Å². The van der Waals surface area contributed by atoms with Crippen LogP contribution in [0.15, 0.2) is 82.2 Å². The molecule has 4 aromatic heterocycles. The summed E-state index contributed by atoms with van der Waals surface area (Å²) in [5.74, 6) is -2.70. The third-order valence-corrected chi connectivity index (χ3v) is 14.1. The van der Waals surface area contributed by atoms with Crippen molar-refractivity contribution in [3.05, 3.63) is 120 Å². The molecule has 0 fully saturated rings. The molecule has 2 unspecified atom stereocenters. The minimum Gasteiger partial charge on any atom is -0.415 e. The lowest BCUT2D eigenvalue weighted by Gasteiger charge is -2.25. The third kappa shape index (κ3) is 17.3. The third-order valence-electron chi connectivity index (χ3n) is 9.72. The highest BCUT2D eigenvalue weighted by Gasteiger charge is 2.47. The van der Waals surface area contributed by atoms with E-state index in [-0.39, 0.29) is 78.7 Å². The lowest BCUT2D eigenvalue weighted by atomic mass is 9.95. The predicted molar refractivity (Wildman–Crippen MR) is 237 cm³/mol. The van der Waals surface area contributed by atoms with Crippen LogP contribution in [0.2, 0.25) is 0 Å². The fourth-order valence-electron chi connectivity index (χ4n) is 5.95. The normalized spacial score (nSPS) is 13.1. The monoisotopic (exact) mass is 1090 g/mol. The Morgan fingerprint density at radius 3 is 1.38 bits per heavy atom. The van der Waals surface area contributed by atoms with E-state index in [4.69, 9.17) is 8.83 Å². The maximum Gasteiger partial charge on any atom is 0.523 e. The number of hydrogen-bond acceptors (Lipinski definition) is 17. The zero-order valence-corrected chi connectivity index (χ0v) is 40.7. The Labute approximate surface area is 406 Å². The number of nitrogens with one attached hydrogen (secondary N) is 1. The van der Waals surface area contributed by atoms with Gasteiger partial charge < -0.3 is 8.83 Å². The minimum atomic E-state index is -5.35. The van der Waals surface area contributed by atoms with E-state index in [1.807, 2.05) is 0 Å². The maximum absolute atomic E-state index is 13.4. The number of likely N-dealkylation sites (N-methyl/N-ethyl adjacent to an activating group) is 1. The summed E-state index contributed by atoms with van der Waals surface area (Å²) in [6.07, 6.45) is 0.202. The van der Waals surface area contributed by atoms with E-state index < -0.39 is 78.5 Å². The number of benzene rings is 2. The summed E-state index contributed by atoms with van der Waals surface area (Å²) < 4.78 is 196. The van der Waals surface area contributed by atoms with Crippen LogP contribution >= 0.6 is 0 Å². The lowest BCUT2D eigenvalue weighted by Crippen LogP contribution is -2.36. The van der Waals surface area contributed by atoms with Crippen LogP contribution in [-0.2, 0) is 47.2 Å². The Morgan fingerprint density at radius 1 is 0.625 bits per heavy atom. The average Bonchev–Trinajstić information content (AvgIpc) is 4.05. The number of hydrogen-bond donors (Lipinski definition) is 1. The second-order valence-corrected chi connectivity index (χ2v) is 20.5. The number of nitrogens with zero attached hydrogens (tertiary/aromatic N) is 9. The average molecular weight is 1090 g/mol. The van der Waals surface area contributed by atoms with Crippen LogP contribution in [0.5, 0.6) is 0 Å². The molecular formula is C41H45F9N10O9S3. The number of alkyl halides is 7. The molecule has 19 nitrogen and oxygen atoms in total. The van der Waals surface area contributed by atoms with E-state index >= 15 is 0 Å². The minimum absolute atomic E-state index is 0.0348. The van der Waals surface area contributed by atoms with Gasteiger partial charge in [0.2, 0.25) is 20.0 Å². The predicted octanol–water partition coefficient (Wildman–Crippen LogP) is 7.34. The van der Waals surface area contributed by atoms with E-state index in [2.05, 4.69) is 49.2 Å². The molecule has 31 heteroatoms. The van der Waals surface area contributed by atoms with Crippen molar-refractivity contribution in [2.45, 2.75) is 70.7 Å². The van der Waals surface area contributed by atoms with Gasteiger partial charge in [0.05, 0.1) is 29.2 Å². The second-order valence-electron chi connectivity index (χ2n) is 14.6. The van der Waals surface area contributed by atoms with Crippen molar-refractivity contribution in [2.24, 2.45) is 0 Å². The first-order valence-electron chi connectivity index (χ1n) is 21.1. The lowest BCUT2D eigenvalue weighted by molar-refractivity contribution is -0.0539. The molecule has 2 aromatic carbocycles. The topological polar surface area (TPSA) is 256 Å². The molecule has 0 aliphatic rings. The molecule has 0 aliphatic heterocycles. The molecule has 0 saturated heterocycles.